The van der Waals surface area contributed by atoms with Crippen LogP contribution >= 0.6 is 23.2 Å². The zero-order valence-electron chi connectivity index (χ0n) is 13.9. The Hall–Kier alpha value is -2.37. The summed E-state index contributed by atoms with van der Waals surface area (Å²) >= 11 is 12.2. The van der Waals surface area contributed by atoms with Crippen molar-refractivity contribution in [2.75, 3.05) is 26.6 Å². The van der Waals surface area contributed by atoms with Gasteiger partial charge in [0.15, 0.2) is 11.5 Å². The van der Waals surface area contributed by atoms with E-state index in [-0.39, 0.29) is 5.91 Å². The molecule has 0 aliphatic carbocycles. The summed E-state index contributed by atoms with van der Waals surface area (Å²) in [7, 11) is 4.55. The molecule has 0 aliphatic rings. The van der Waals surface area contributed by atoms with Gasteiger partial charge in [-0.25, -0.2) is 0 Å². The third-order valence-corrected chi connectivity index (χ3v) is 3.88. The molecule has 0 heterocycles. The Balaban J connectivity index is 2.12. The highest BCUT2D eigenvalue weighted by Crippen LogP contribution is 2.36. The lowest BCUT2D eigenvalue weighted by atomic mass is 10.2. The minimum atomic E-state index is -0.313. The lowest BCUT2D eigenvalue weighted by Gasteiger charge is -2.10. The van der Waals surface area contributed by atoms with E-state index in [2.05, 4.69) is 5.32 Å². The van der Waals surface area contributed by atoms with Crippen molar-refractivity contribution in [1.29, 1.82) is 0 Å². The van der Waals surface area contributed by atoms with E-state index in [9.17, 15) is 4.79 Å². The Kier molecular flexibility index (Phi) is 6.56. The fourth-order valence-electron chi connectivity index (χ4n) is 2.13. The van der Waals surface area contributed by atoms with Crippen molar-refractivity contribution in [3.63, 3.8) is 0 Å². The second-order valence-electron chi connectivity index (χ2n) is 4.91. The summed E-state index contributed by atoms with van der Waals surface area (Å²) in [6.45, 7) is 0. The molecule has 132 valence electrons. The van der Waals surface area contributed by atoms with Crippen molar-refractivity contribution in [2.45, 2.75) is 0 Å². The third-order valence-electron chi connectivity index (χ3n) is 3.30. The summed E-state index contributed by atoms with van der Waals surface area (Å²) < 4.78 is 15.5. The Morgan fingerprint density at radius 2 is 1.68 bits per heavy atom. The van der Waals surface area contributed by atoms with Gasteiger partial charge in [-0.3, -0.25) is 4.79 Å². The molecule has 0 bridgehead atoms. The van der Waals surface area contributed by atoms with Crippen molar-refractivity contribution in [1.82, 2.24) is 0 Å². The predicted octanol–water partition coefficient (Wildman–Crippen LogP) is 4.67. The lowest BCUT2D eigenvalue weighted by molar-refractivity contribution is -0.111. The van der Waals surface area contributed by atoms with Crippen molar-refractivity contribution in [3.05, 3.63) is 52.0 Å². The summed E-state index contributed by atoms with van der Waals surface area (Å²) in [6, 6.07) is 8.38. The maximum atomic E-state index is 12.1. The molecule has 1 amide bonds. The van der Waals surface area contributed by atoms with E-state index in [1.54, 1.807) is 36.4 Å². The molecular weight excluding hydrogens is 365 g/mol. The van der Waals surface area contributed by atoms with Crippen LogP contribution in [-0.2, 0) is 4.79 Å². The number of carbonyl (C=O) groups is 1. The van der Waals surface area contributed by atoms with Crippen molar-refractivity contribution in [2.24, 2.45) is 0 Å². The van der Waals surface area contributed by atoms with E-state index in [0.29, 0.717) is 38.5 Å². The first-order valence-electron chi connectivity index (χ1n) is 7.22. The van der Waals surface area contributed by atoms with Gasteiger partial charge >= 0.3 is 0 Å². The van der Waals surface area contributed by atoms with Gasteiger partial charge < -0.3 is 19.5 Å². The van der Waals surface area contributed by atoms with Crippen LogP contribution in [0.3, 0.4) is 0 Å². The van der Waals surface area contributed by atoms with E-state index in [0.717, 1.165) is 0 Å². The van der Waals surface area contributed by atoms with E-state index in [4.69, 9.17) is 37.4 Å². The second-order valence-corrected chi connectivity index (χ2v) is 5.72. The van der Waals surface area contributed by atoms with Crippen molar-refractivity contribution >= 4 is 40.9 Å². The molecular formula is C18H17Cl2NO4. The number of halogens is 2. The molecule has 2 rings (SSSR count). The fourth-order valence-corrected chi connectivity index (χ4v) is 2.69. The van der Waals surface area contributed by atoms with Crippen LogP contribution in [-0.4, -0.2) is 27.2 Å². The number of amides is 1. The standard InChI is InChI=1S/C18H17Cl2NO4/c1-23-15-6-5-12(10-13(15)19)21-17(22)7-4-11-8-14(20)18(25-3)16(9-11)24-2/h4-10H,1-3H3,(H,21,22)/b7-4+. The zero-order valence-corrected chi connectivity index (χ0v) is 15.4. The summed E-state index contributed by atoms with van der Waals surface area (Å²) in [5, 5.41) is 3.52. The molecule has 0 aromatic heterocycles. The van der Waals surface area contributed by atoms with Gasteiger partial charge in [0.1, 0.15) is 5.75 Å². The number of carbonyl (C=O) groups excluding carboxylic acids is 1. The number of rotatable bonds is 6. The van der Waals surface area contributed by atoms with Gasteiger partial charge in [-0.1, -0.05) is 23.2 Å². The van der Waals surface area contributed by atoms with Crippen LogP contribution in [0.4, 0.5) is 5.69 Å². The molecule has 2 aromatic rings. The van der Waals surface area contributed by atoms with Crippen LogP contribution in [0, 0.1) is 0 Å². The van der Waals surface area contributed by atoms with Crippen LogP contribution < -0.4 is 19.5 Å². The maximum Gasteiger partial charge on any atom is 0.248 e. The van der Waals surface area contributed by atoms with E-state index in [1.165, 1.54) is 27.4 Å². The second kappa shape index (κ2) is 8.65. The summed E-state index contributed by atoms with van der Waals surface area (Å²) in [5.41, 5.74) is 1.26. The van der Waals surface area contributed by atoms with Gasteiger partial charge in [0.2, 0.25) is 5.91 Å². The van der Waals surface area contributed by atoms with Crippen LogP contribution in [0.25, 0.3) is 6.08 Å². The molecule has 7 heteroatoms. The van der Waals surface area contributed by atoms with E-state index < -0.39 is 0 Å². The number of hydrogen-bond acceptors (Lipinski definition) is 4. The highest BCUT2D eigenvalue weighted by Gasteiger charge is 2.10. The highest BCUT2D eigenvalue weighted by atomic mass is 35.5. The monoisotopic (exact) mass is 381 g/mol. The summed E-state index contributed by atoms with van der Waals surface area (Å²) in [4.78, 5) is 12.1. The van der Waals surface area contributed by atoms with Crippen LogP contribution in [0.15, 0.2) is 36.4 Å². The van der Waals surface area contributed by atoms with Crippen LogP contribution in [0.2, 0.25) is 10.0 Å². The topological polar surface area (TPSA) is 56.8 Å². The molecule has 0 unspecified atom stereocenters. The number of methoxy groups -OCH3 is 3. The average molecular weight is 382 g/mol. The first-order chi connectivity index (χ1) is 12.0. The molecule has 0 saturated carbocycles. The first kappa shape index (κ1) is 19.0. The van der Waals surface area contributed by atoms with Crippen LogP contribution in [0.5, 0.6) is 17.2 Å². The minimum Gasteiger partial charge on any atom is -0.495 e. The molecule has 0 radical (unpaired) electrons. The van der Waals surface area contributed by atoms with Gasteiger partial charge in [-0.05, 0) is 42.0 Å². The van der Waals surface area contributed by atoms with Gasteiger partial charge in [0.05, 0.1) is 31.4 Å². The van der Waals surface area contributed by atoms with Gasteiger partial charge in [-0.15, -0.1) is 0 Å². The molecule has 0 spiro atoms. The predicted molar refractivity (Wildman–Crippen MR) is 100 cm³/mol. The summed E-state index contributed by atoms with van der Waals surface area (Å²) in [5.74, 6) is 1.15. The normalized spacial score (nSPS) is 10.6. The Morgan fingerprint density at radius 3 is 2.28 bits per heavy atom. The van der Waals surface area contributed by atoms with Crippen molar-refractivity contribution < 1.29 is 19.0 Å². The molecule has 25 heavy (non-hydrogen) atoms. The highest BCUT2D eigenvalue weighted by molar-refractivity contribution is 6.32. The average Bonchev–Trinajstić information content (AvgIpc) is 2.59. The van der Waals surface area contributed by atoms with E-state index >= 15 is 0 Å². The number of benzene rings is 2. The Labute approximate surface area is 156 Å². The maximum absolute atomic E-state index is 12.1. The number of ether oxygens (including phenoxy) is 3. The van der Waals surface area contributed by atoms with Crippen LogP contribution in [0.1, 0.15) is 5.56 Å². The number of nitrogens with one attached hydrogen (secondary N) is 1. The molecule has 5 nitrogen and oxygen atoms in total. The molecule has 0 saturated heterocycles. The fraction of sp³-hybridized carbons (Fsp3) is 0.167. The lowest BCUT2D eigenvalue weighted by Crippen LogP contribution is -2.07. The third kappa shape index (κ3) is 4.81. The summed E-state index contributed by atoms with van der Waals surface area (Å²) in [6.07, 6.45) is 3.00. The number of anilines is 1. The zero-order chi connectivity index (χ0) is 18.4. The minimum absolute atomic E-state index is 0.313. The Bertz CT molecular complexity index is 806. The van der Waals surface area contributed by atoms with Gasteiger partial charge in [0.25, 0.3) is 0 Å². The number of hydrogen-bond donors (Lipinski definition) is 1. The SMILES string of the molecule is COc1ccc(NC(=O)/C=C/c2cc(Cl)c(OC)c(OC)c2)cc1Cl. The molecule has 0 fully saturated rings. The van der Waals surface area contributed by atoms with Gasteiger partial charge in [-0.2, -0.15) is 0 Å². The van der Waals surface area contributed by atoms with Gasteiger partial charge in [0, 0.05) is 11.8 Å². The quantitative estimate of drug-likeness (QED) is 0.738. The smallest absolute Gasteiger partial charge is 0.248 e. The molecule has 0 aliphatic heterocycles. The largest absolute Gasteiger partial charge is 0.495 e. The molecule has 0 atom stereocenters. The Morgan fingerprint density at radius 1 is 0.960 bits per heavy atom. The molecule has 2 aromatic carbocycles. The first-order valence-corrected chi connectivity index (χ1v) is 7.98. The van der Waals surface area contributed by atoms with E-state index in [1.807, 2.05) is 0 Å². The van der Waals surface area contributed by atoms with Crippen molar-refractivity contribution in [3.8, 4) is 17.2 Å². The molecule has 1 N–H and O–H groups in total.